The van der Waals surface area contributed by atoms with Crippen molar-refractivity contribution in [1.82, 2.24) is 0 Å². The summed E-state index contributed by atoms with van der Waals surface area (Å²) in [5.41, 5.74) is 13.6. The molecule has 1 aliphatic rings. The van der Waals surface area contributed by atoms with Crippen molar-refractivity contribution in [3.05, 3.63) is 118 Å². The Hall–Kier alpha value is -3.78. The lowest BCUT2D eigenvalue weighted by atomic mass is 9.82. The Morgan fingerprint density at radius 3 is 1.28 bits per heavy atom. The average Bonchev–Trinajstić information content (AvgIpc) is 2.87. The molecule has 1 aliphatic carbocycles. The first kappa shape index (κ1) is 23.9. The normalized spacial score (nSPS) is 15.0. The molecule has 0 heterocycles. The van der Waals surface area contributed by atoms with Gasteiger partial charge in [-0.1, -0.05) is 113 Å². The van der Waals surface area contributed by atoms with Crippen molar-refractivity contribution in [1.29, 1.82) is 0 Å². The van der Waals surface area contributed by atoms with Gasteiger partial charge in [0.05, 0.1) is 22.8 Å². The lowest BCUT2D eigenvalue weighted by Gasteiger charge is -2.25. The fraction of sp³-hybridized carbons (Fsp3) is 0.235. The molecule has 180 valence electrons. The predicted molar refractivity (Wildman–Crippen MR) is 155 cm³/mol. The summed E-state index contributed by atoms with van der Waals surface area (Å²) in [7, 11) is 0. The standard InChI is InChI=1S/C34H34N2/c1-21(2)25-19-12-20-26(22(3)4)32(25)36-34-30-18-10-8-16-28(30)27-15-7-9-17-29(27)33(34)35-31-23(5)13-11-14-24(31)6/h7-22H,1-6H3. The molecule has 0 amide bonds. The number of hydrogen-bond donors (Lipinski definition) is 0. The number of hydrogen-bond acceptors (Lipinski definition) is 2. The van der Waals surface area contributed by atoms with Gasteiger partial charge in [-0.3, -0.25) is 0 Å². The quantitative estimate of drug-likeness (QED) is 0.284. The van der Waals surface area contributed by atoms with Crippen LogP contribution in [0, 0.1) is 13.8 Å². The number of para-hydroxylation sites is 2. The van der Waals surface area contributed by atoms with Crippen LogP contribution in [0.5, 0.6) is 0 Å². The van der Waals surface area contributed by atoms with E-state index >= 15 is 0 Å². The molecule has 2 nitrogen and oxygen atoms in total. The summed E-state index contributed by atoms with van der Waals surface area (Å²) in [6.45, 7) is 13.3. The van der Waals surface area contributed by atoms with Crippen LogP contribution in [0.3, 0.4) is 0 Å². The summed E-state index contributed by atoms with van der Waals surface area (Å²) in [4.78, 5) is 10.9. The van der Waals surface area contributed by atoms with E-state index in [-0.39, 0.29) is 0 Å². The van der Waals surface area contributed by atoms with E-state index in [1.807, 2.05) is 0 Å². The van der Waals surface area contributed by atoms with Crippen LogP contribution in [0.1, 0.15) is 72.9 Å². The highest BCUT2D eigenvalue weighted by atomic mass is 14.8. The highest BCUT2D eigenvalue weighted by Crippen LogP contribution is 2.40. The summed E-state index contributed by atoms with van der Waals surface area (Å²) in [6.07, 6.45) is 0. The molecule has 5 rings (SSSR count). The molecule has 0 unspecified atom stereocenters. The third-order valence-electron chi connectivity index (χ3n) is 7.11. The van der Waals surface area contributed by atoms with Crippen molar-refractivity contribution >= 4 is 22.8 Å². The molecule has 0 N–H and O–H groups in total. The van der Waals surface area contributed by atoms with Gasteiger partial charge in [0.25, 0.3) is 0 Å². The number of benzene rings is 4. The van der Waals surface area contributed by atoms with Gasteiger partial charge >= 0.3 is 0 Å². The van der Waals surface area contributed by atoms with E-state index in [0.717, 1.165) is 33.9 Å². The van der Waals surface area contributed by atoms with E-state index < -0.39 is 0 Å². The Balaban J connectivity index is 1.89. The third kappa shape index (κ3) is 4.22. The third-order valence-corrected chi connectivity index (χ3v) is 7.11. The summed E-state index contributed by atoms with van der Waals surface area (Å²) in [5.74, 6) is 0.737. The maximum absolute atomic E-state index is 5.52. The second-order valence-corrected chi connectivity index (χ2v) is 10.3. The number of fused-ring (bicyclic) bond motifs is 3. The van der Waals surface area contributed by atoms with Crippen molar-refractivity contribution in [2.24, 2.45) is 9.98 Å². The zero-order valence-corrected chi connectivity index (χ0v) is 22.1. The molecular weight excluding hydrogens is 436 g/mol. The van der Waals surface area contributed by atoms with Crippen molar-refractivity contribution in [3.8, 4) is 11.1 Å². The van der Waals surface area contributed by atoms with Gasteiger partial charge in [0.2, 0.25) is 0 Å². The topological polar surface area (TPSA) is 24.7 Å². The molecule has 36 heavy (non-hydrogen) atoms. The lowest BCUT2D eigenvalue weighted by Crippen LogP contribution is -2.23. The van der Waals surface area contributed by atoms with Crippen LogP contribution in [0.15, 0.2) is 94.9 Å². The van der Waals surface area contributed by atoms with E-state index in [0.29, 0.717) is 11.8 Å². The molecular formula is C34H34N2. The van der Waals surface area contributed by atoms with Crippen molar-refractivity contribution in [2.75, 3.05) is 0 Å². The van der Waals surface area contributed by atoms with Crippen LogP contribution in [0.2, 0.25) is 0 Å². The van der Waals surface area contributed by atoms with Gasteiger partial charge in [-0.2, -0.15) is 0 Å². The molecule has 0 radical (unpaired) electrons. The van der Waals surface area contributed by atoms with E-state index in [4.69, 9.17) is 9.98 Å². The van der Waals surface area contributed by atoms with Gasteiger partial charge in [0.1, 0.15) is 0 Å². The fourth-order valence-electron chi connectivity index (χ4n) is 5.18. The van der Waals surface area contributed by atoms with Crippen molar-refractivity contribution < 1.29 is 0 Å². The summed E-state index contributed by atoms with van der Waals surface area (Å²) in [5, 5.41) is 0. The fourth-order valence-corrected chi connectivity index (χ4v) is 5.18. The van der Waals surface area contributed by atoms with Crippen LogP contribution >= 0.6 is 0 Å². The number of aliphatic imine (C=N–C) groups is 2. The Kier molecular flexibility index (Phi) is 6.45. The average molecular weight is 471 g/mol. The molecule has 2 heteroatoms. The van der Waals surface area contributed by atoms with E-state index in [1.54, 1.807) is 0 Å². The minimum absolute atomic E-state index is 0.369. The largest absolute Gasteiger partial charge is 0.246 e. The molecule has 0 saturated carbocycles. The first-order valence-corrected chi connectivity index (χ1v) is 12.9. The summed E-state index contributed by atoms with van der Waals surface area (Å²) >= 11 is 0. The van der Waals surface area contributed by atoms with Gasteiger partial charge in [0, 0.05) is 11.1 Å². The van der Waals surface area contributed by atoms with Crippen LogP contribution in [0.4, 0.5) is 11.4 Å². The molecule has 0 bridgehead atoms. The van der Waals surface area contributed by atoms with E-state index in [9.17, 15) is 0 Å². The van der Waals surface area contributed by atoms with Gasteiger partial charge in [0.15, 0.2) is 0 Å². The van der Waals surface area contributed by atoms with Crippen molar-refractivity contribution in [2.45, 2.75) is 53.4 Å². The maximum atomic E-state index is 5.52. The minimum Gasteiger partial charge on any atom is -0.246 e. The van der Waals surface area contributed by atoms with Crippen LogP contribution in [-0.2, 0) is 0 Å². The Bertz CT molecular complexity index is 1460. The molecule has 0 fully saturated rings. The number of nitrogens with zero attached hydrogens (tertiary/aromatic N) is 2. The first-order valence-electron chi connectivity index (χ1n) is 12.9. The van der Waals surface area contributed by atoms with E-state index in [2.05, 4.69) is 126 Å². The second kappa shape index (κ2) is 9.70. The number of rotatable bonds is 4. The van der Waals surface area contributed by atoms with Crippen LogP contribution < -0.4 is 0 Å². The van der Waals surface area contributed by atoms with Gasteiger partial charge in [-0.15, -0.1) is 0 Å². The number of aryl methyl sites for hydroxylation is 2. The van der Waals surface area contributed by atoms with E-state index in [1.165, 1.54) is 33.4 Å². The smallest absolute Gasteiger partial charge is 0.0978 e. The minimum atomic E-state index is 0.369. The first-order chi connectivity index (χ1) is 17.4. The molecule has 0 atom stereocenters. The monoisotopic (exact) mass is 470 g/mol. The SMILES string of the molecule is Cc1cccc(C)c1N=C1C(=Nc2c(C(C)C)cccc2C(C)C)c2ccccc2-c2ccccc21. The zero-order chi connectivity index (χ0) is 25.4. The summed E-state index contributed by atoms with van der Waals surface area (Å²) in [6, 6.07) is 30.2. The molecule has 0 aliphatic heterocycles. The Labute approximate surface area is 215 Å². The molecule has 0 saturated heterocycles. The molecule has 0 spiro atoms. The highest BCUT2D eigenvalue weighted by Gasteiger charge is 2.28. The maximum Gasteiger partial charge on any atom is 0.0978 e. The lowest BCUT2D eigenvalue weighted by molar-refractivity contribution is 0.835. The Morgan fingerprint density at radius 2 is 0.833 bits per heavy atom. The van der Waals surface area contributed by atoms with Gasteiger partial charge < -0.3 is 0 Å². The molecule has 4 aromatic carbocycles. The van der Waals surface area contributed by atoms with Crippen LogP contribution in [0.25, 0.3) is 11.1 Å². The van der Waals surface area contributed by atoms with Crippen LogP contribution in [-0.4, -0.2) is 11.4 Å². The highest BCUT2D eigenvalue weighted by molar-refractivity contribution is 6.57. The molecule has 4 aromatic rings. The van der Waals surface area contributed by atoms with Gasteiger partial charge in [-0.05, 0) is 59.1 Å². The zero-order valence-electron chi connectivity index (χ0n) is 22.1. The Morgan fingerprint density at radius 1 is 0.444 bits per heavy atom. The van der Waals surface area contributed by atoms with Gasteiger partial charge in [-0.25, -0.2) is 9.98 Å². The second-order valence-electron chi connectivity index (χ2n) is 10.3. The van der Waals surface area contributed by atoms with Crippen molar-refractivity contribution in [3.63, 3.8) is 0 Å². The molecule has 0 aromatic heterocycles. The summed E-state index contributed by atoms with van der Waals surface area (Å²) < 4.78 is 0. The predicted octanol–water partition coefficient (Wildman–Crippen LogP) is 9.47.